The lowest BCUT2D eigenvalue weighted by Gasteiger charge is -2.59. The molecule has 1 aromatic carbocycles. The van der Waals surface area contributed by atoms with E-state index in [1.54, 1.807) is 20.3 Å². The Morgan fingerprint density at radius 1 is 1.08 bits per heavy atom. The Balaban J connectivity index is 1.58. The van der Waals surface area contributed by atoms with Crippen molar-refractivity contribution in [1.82, 2.24) is 0 Å². The Bertz CT molecular complexity index is 638. The lowest BCUT2D eigenvalue weighted by molar-refractivity contribution is -0.138. The van der Waals surface area contributed by atoms with Crippen LogP contribution >= 0.6 is 11.6 Å². The van der Waals surface area contributed by atoms with Crippen LogP contribution in [0.3, 0.4) is 0 Å². The van der Waals surface area contributed by atoms with E-state index in [1.165, 1.54) is 6.42 Å². The van der Waals surface area contributed by atoms with Crippen LogP contribution in [-0.2, 0) is 4.79 Å². The van der Waals surface area contributed by atoms with Crippen LogP contribution in [-0.4, -0.2) is 25.0 Å². The Labute approximate surface area is 147 Å². The number of nitrogens with one attached hydrogen (secondary N) is 1. The summed E-state index contributed by atoms with van der Waals surface area (Å²) in [5, 5.41) is 3.11. The molecule has 1 amide bonds. The van der Waals surface area contributed by atoms with Gasteiger partial charge in [-0.1, -0.05) is 0 Å². The third kappa shape index (κ3) is 2.65. The van der Waals surface area contributed by atoms with Crippen LogP contribution in [0, 0.1) is 17.3 Å². The molecule has 4 fully saturated rings. The summed E-state index contributed by atoms with van der Waals surface area (Å²) in [5.41, 5.74) is 0.415. The maximum absolute atomic E-state index is 13.2. The molecule has 24 heavy (non-hydrogen) atoms. The lowest BCUT2D eigenvalue weighted by atomic mass is 9.49. The SMILES string of the molecule is COc1cc(NC(=O)C23C[C@@H]4C[C@@H](CC(Cl)(C4)C2)C3)cc(OC)c1. The van der Waals surface area contributed by atoms with E-state index in [1.807, 2.05) is 12.1 Å². The van der Waals surface area contributed by atoms with E-state index in [9.17, 15) is 4.79 Å². The van der Waals surface area contributed by atoms with Crippen molar-refractivity contribution in [2.24, 2.45) is 17.3 Å². The van der Waals surface area contributed by atoms with Gasteiger partial charge in [-0.25, -0.2) is 0 Å². The van der Waals surface area contributed by atoms with Gasteiger partial charge in [0.25, 0.3) is 0 Å². The van der Waals surface area contributed by atoms with Crippen LogP contribution in [0.1, 0.15) is 38.5 Å². The number of ether oxygens (including phenoxy) is 2. The van der Waals surface area contributed by atoms with Gasteiger partial charge in [0.15, 0.2) is 0 Å². The van der Waals surface area contributed by atoms with Crippen LogP contribution < -0.4 is 14.8 Å². The average Bonchev–Trinajstić information content (AvgIpc) is 2.52. The summed E-state index contributed by atoms with van der Waals surface area (Å²) in [6.45, 7) is 0. The molecule has 4 aliphatic rings. The van der Waals surface area contributed by atoms with Crippen molar-refractivity contribution >= 4 is 23.2 Å². The van der Waals surface area contributed by atoms with Crippen LogP contribution in [0.2, 0.25) is 0 Å². The molecule has 0 heterocycles. The molecule has 0 aromatic heterocycles. The highest BCUT2D eigenvalue weighted by Crippen LogP contribution is 2.64. The third-order valence-electron chi connectivity index (χ3n) is 6.08. The highest BCUT2D eigenvalue weighted by Gasteiger charge is 2.60. The predicted molar refractivity (Wildman–Crippen MR) is 93.9 cm³/mol. The van der Waals surface area contributed by atoms with Gasteiger partial charge in [0.1, 0.15) is 11.5 Å². The summed E-state index contributed by atoms with van der Waals surface area (Å²) < 4.78 is 10.6. The molecule has 4 bridgehead atoms. The topological polar surface area (TPSA) is 47.6 Å². The number of anilines is 1. The van der Waals surface area contributed by atoms with E-state index in [0.717, 1.165) is 37.8 Å². The van der Waals surface area contributed by atoms with Crippen molar-refractivity contribution in [1.29, 1.82) is 0 Å². The summed E-state index contributed by atoms with van der Waals surface area (Å²) in [5.74, 6) is 2.66. The van der Waals surface area contributed by atoms with E-state index >= 15 is 0 Å². The Kier molecular flexibility index (Phi) is 3.72. The predicted octanol–water partition coefficient (Wildman–Crippen LogP) is 4.22. The van der Waals surface area contributed by atoms with Crippen molar-refractivity contribution in [2.45, 2.75) is 43.4 Å². The van der Waals surface area contributed by atoms with Gasteiger partial charge in [0.2, 0.25) is 5.91 Å². The monoisotopic (exact) mass is 349 g/mol. The van der Waals surface area contributed by atoms with Crippen molar-refractivity contribution < 1.29 is 14.3 Å². The molecular weight excluding hydrogens is 326 g/mol. The van der Waals surface area contributed by atoms with E-state index in [2.05, 4.69) is 5.32 Å². The Morgan fingerprint density at radius 3 is 2.17 bits per heavy atom. The summed E-state index contributed by atoms with van der Waals surface area (Å²) in [6, 6.07) is 5.46. The van der Waals surface area contributed by atoms with E-state index in [-0.39, 0.29) is 16.2 Å². The fourth-order valence-corrected chi connectivity index (χ4v) is 6.25. The van der Waals surface area contributed by atoms with Gasteiger partial charge in [-0.15, -0.1) is 11.6 Å². The van der Waals surface area contributed by atoms with Crippen LogP contribution in [0.5, 0.6) is 11.5 Å². The molecule has 0 spiro atoms. The first kappa shape index (κ1) is 16.1. The quantitative estimate of drug-likeness (QED) is 0.828. The fraction of sp³-hybridized carbons (Fsp3) is 0.632. The number of amides is 1. The van der Waals surface area contributed by atoms with Crippen molar-refractivity contribution in [3.63, 3.8) is 0 Å². The van der Waals surface area contributed by atoms with Crippen molar-refractivity contribution in [3.05, 3.63) is 18.2 Å². The molecule has 0 radical (unpaired) electrons. The number of carbonyl (C=O) groups excluding carboxylic acids is 1. The van der Waals surface area contributed by atoms with Gasteiger partial charge in [-0.05, 0) is 50.4 Å². The molecule has 4 nitrogen and oxygen atoms in total. The van der Waals surface area contributed by atoms with Gasteiger partial charge < -0.3 is 14.8 Å². The van der Waals surface area contributed by atoms with E-state index in [4.69, 9.17) is 21.1 Å². The normalized spacial score (nSPS) is 36.5. The third-order valence-corrected chi connectivity index (χ3v) is 6.52. The number of methoxy groups -OCH3 is 2. The minimum Gasteiger partial charge on any atom is -0.497 e. The number of rotatable bonds is 4. The highest BCUT2D eigenvalue weighted by molar-refractivity contribution is 6.24. The summed E-state index contributed by atoms with van der Waals surface area (Å²) in [7, 11) is 3.22. The maximum Gasteiger partial charge on any atom is 0.230 e. The number of hydrogen-bond donors (Lipinski definition) is 1. The largest absolute Gasteiger partial charge is 0.497 e. The Hall–Kier alpha value is -1.42. The van der Waals surface area contributed by atoms with Crippen molar-refractivity contribution in [2.75, 3.05) is 19.5 Å². The number of alkyl halides is 1. The first-order valence-corrected chi connectivity index (χ1v) is 9.05. The van der Waals surface area contributed by atoms with Gasteiger partial charge in [-0.2, -0.15) is 0 Å². The molecule has 4 saturated carbocycles. The summed E-state index contributed by atoms with van der Waals surface area (Å²) in [4.78, 5) is 13.0. The van der Waals surface area contributed by atoms with Gasteiger partial charge in [0, 0.05) is 28.8 Å². The smallest absolute Gasteiger partial charge is 0.230 e. The minimum atomic E-state index is -0.303. The van der Waals surface area contributed by atoms with E-state index < -0.39 is 0 Å². The standard InChI is InChI=1S/C19H24ClNO3/c1-23-15-4-14(5-16(6-15)24-2)21-17(22)18-7-12-3-13(8-18)10-19(20,9-12)11-18/h4-6,12-13H,3,7-11H2,1-2H3,(H,21,22)/t12-,13+,18?,19?. The summed E-state index contributed by atoms with van der Waals surface area (Å²) >= 11 is 6.84. The average molecular weight is 350 g/mol. The lowest BCUT2D eigenvalue weighted by Crippen LogP contribution is -2.57. The molecule has 2 unspecified atom stereocenters. The highest BCUT2D eigenvalue weighted by atomic mass is 35.5. The molecule has 0 saturated heterocycles. The molecule has 5 rings (SSSR count). The summed E-state index contributed by atoms with van der Waals surface area (Å²) in [6.07, 6.45) is 6.16. The molecular formula is C19H24ClNO3. The minimum absolute atomic E-state index is 0.108. The second-order valence-corrected chi connectivity index (χ2v) is 8.75. The number of hydrogen-bond acceptors (Lipinski definition) is 3. The second kappa shape index (κ2) is 5.55. The fourth-order valence-electron chi connectivity index (χ4n) is 5.56. The number of benzene rings is 1. The molecule has 4 aliphatic carbocycles. The molecule has 0 aliphatic heterocycles. The van der Waals surface area contributed by atoms with Gasteiger partial charge in [0.05, 0.1) is 19.6 Å². The van der Waals surface area contributed by atoms with Crippen LogP contribution in [0.4, 0.5) is 5.69 Å². The zero-order valence-electron chi connectivity index (χ0n) is 14.2. The molecule has 5 heteroatoms. The van der Waals surface area contributed by atoms with Gasteiger partial charge in [-0.3, -0.25) is 4.79 Å². The first-order valence-electron chi connectivity index (χ1n) is 8.67. The van der Waals surface area contributed by atoms with E-state index in [0.29, 0.717) is 23.3 Å². The van der Waals surface area contributed by atoms with Crippen LogP contribution in [0.15, 0.2) is 18.2 Å². The molecule has 4 atom stereocenters. The number of halogens is 1. The number of carbonyl (C=O) groups is 1. The molecule has 130 valence electrons. The zero-order chi connectivity index (χ0) is 16.9. The van der Waals surface area contributed by atoms with Crippen LogP contribution in [0.25, 0.3) is 0 Å². The second-order valence-electron chi connectivity index (χ2n) is 7.95. The Morgan fingerprint density at radius 2 is 1.67 bits per heavy atom. The first-order chi connectivity index (χ1) is 11.4. The van der Waals surface area contributed by atoms with Crippen molar-refractivity contribution in [3.8, 4) is 11.5 Å². The maximum atomic E-state index is 13.2. The molecule has 1 N–H and O–H groups in total. The molecule has 1 aromatic rings. The zero-order valence-corrected chi connectivity index (χ0v) is 15.0. The van der Waals surface area contributed by atoms with Gasteiger partial charge >= 0.3 is 0 Å².